The molecule has 0 saturated carbocycles. The third-order valence-corrected chi connectivity index (χ3v) is 5.68. The number of hydrogen-bond acceptors (Lipinski definition) is 5. The van der Waals surface area contributed by atoms with Crippen molar-refractivity contribution in [3.05, 3.63) is 35.7 Å². The Balaban J connectivity index is 1.58. The van der Waals surface area contributed by atoms with Crippen LogP contribution in [0, 0.1) is 6.92 Å². The Hall–Kier alpha value is -1.79. The number of hydrogen-bond donors (Lipinski definition) is 0. The zero-order valence-electron chi connectivity index (χ0n) is 14.3. The van der Waals surface area contributed by atoms with Crippen LogP contribution in [0.15, 0.2) is 24.3 Å². The zero-order chi connectivity index (χ0) is 16.5. The molecule has 1 fully saturated rings. The van der Waals surface area contributed by atoms with Crippen LogP contribution in [0.25, 0.3) is 15.5 Å². The van der Waals surface area contributed by atoms with E-state index in [1.807, 2.05) is 4.52 Å². The number of piperidine rings is 1. The Morgan fingerprint density at radius 3 is 2.58 bits per heavy atom. The quantitative estimate of drug-likeness (QED) is 0.725. The molecule has 1 aliphatic rings. The van der Waals surface area contributed by atoms with E-state index in [4.69, 9.17) is 5.10 Å². The van der Waals surface area contributed by atoms with Crippen LogP contribution in [0.4, 0.5) is 0 Å². The SMILES string of the molecule is Cc1ccc(-c2nn3c(C(C)CN4CCCCC4)nnc3s2)cc1. The molecule has 1 unspecified atom stereocenters. The molecule has 1 saturated heterocycles. The van der Waals surface area contributed by atoms with Crippen LogP contribution in [0.3, 0.4) is 0 Å². The Bertz CT molecular complexity index is 814. The Morgan fingerprint density at radius 2 is 1.83 bits per heavy atom. The molecule has 1 aromatic carbocycles. The molecule has 0 aliphatic carbocycles. The minimum Gasteiger partial charge on any atom is -0.303 e. The second-order valence-corrected chi connectivity index (χ2v) is 7.74. The number of benzene rings is 1. The van der Waals surface area contributed by atoms with Gasteiger partial charge in [0.2, 0.25) is 4.96 Å². The van der Waals surface area contributed by atoms with Gasteiger partial charge < -0.3 is 4.90 Å². The molecule has 0 bridgehead atoms. The lowest BCUT2D eigenvalue weighted by Gasteiger charge is -2.28. The van der Waals surface area contributed by atoms with E-state index in [1.165, 1.54) is 37.9 Å². The third-order valence-electron chi connectivity index (χ3n) is 4.74. The van der Waals surface area contributed by atoms with Gasteiger partial charge in [0.15, 0.2) is 5.82 Å². The summed E-state index contributed by atoms with van der Waals surface area (Å²) in [6.45, 7) is 7.78. The Kier molecular flexibility index (Phi) is 4.33. The first kappa shape index (κ1) is 15.7. The summed E-state index contributed by atoms with van der Waals surface area (Å²) in [5.74, 6) is 1.32. The monoisotopic (exact) mass is 341 g/mol. The van der Waals surface area contributed by atoms with Gasteiger partial charge in [0, 0.05) is 18.0 Å². The van der Waals surface area contributed by atoms with Crippen LogP contribution in [-0.4, -0.2) is 44.3 Å². The summed E-state index contributed by atoms with van der Waals surface area (Å²) >= 11 is 1.61. The molecule has 3 heterocycles. The predicted octanol–water partition coefficient (Wildman–Crippen LogP) is 3.75. The van der Waals surface area contributed by atoms with E-state index in [9.17, 15) is 0 Å². The highest BCUT2D eigenvalue weighted by molar-refractivity contribution is 7.19. The van der Waals surface area contributed by atoms with Crippen LogP contribution in [0.2, 0.25) is 0 Å². The maximum Gasteiger partial charge on any atom is 0.234 e. The molecule has 0 spiro atoms. The van der Waals surface area contributed by atoms with Gasteiger partial charge in [-0.15, -0.1) is 10.2 Å². The summed E-state index contributed by atoms with van der Waals surface area (Å²) in [4.78, 5) is 3.42. The van der Waals surface area contributed by atoms with Gasteiger partial charge in [-0.1, -0.05) is 54.5 Å². The highest BCUT2D eigenvalue weighted by Gasteiger charge is 2.21. The number of aryl methyl sites for hydroxylation is 1. The maximum atomic E-state index is 4.78. The van der Waals surface area contributed by atoms with E-state index in [1.54, 1.807) is 11.3 Å². The first-order chi connectivity index (χ1) is 11.7. The van der Waals surface area contributed by atoms with Gasteiger partial charge in [-0.2, -0.15) is 9.61 Å². The number of rotatable bonds is 4. The third kappa shape index (κ3) is 3.08. The molecule has 0 amide bonds. The number of likely N-dealkylation sites (tertiary alicyclic amines) is 1. The molecule has 1 aliphatic heterocycles. The van der Waals surface area contributed by atoms with Gasteiger partial charge in [-0.05, 0) is 32.9 Å². The highest BCUT2D eigenvalue weighted by Crippen LogP contribution is 2.27. The van der Waals surface area contributed by atoms with E-state index in [0.717, 1.165) is 27.9 Å². The largest absolute Gasteiger partial charge is 0.303 e. The molecule has 5 nitrogen and oxygen atoms in total. The average Bonchev–Trinajstić information content (AvgIpc) is 3.17. The number of aromatic nitrogens is 4. The number of nitrogens with zero attached hydrogens (tertiary/aromatic N) is 5. The first-order valence-electron chi connectivity index (χ1n) is 8.72. The molecular weight excluding hydrogens is 318 g/mol. The summed E-state index contributed by atoms with van der Waals surface area (Å²) in [6.07, 6.45) is 4.00. The standard InChI is InChI=1S/C18H23N5S/c1-13-6-8-15(9-7-13)17-21-23-16(19-20-18(23)24-17)14(2)12-22-10-4-3-5-11-22/h6-9,14H,3-5,10-12H2,1-2H3. The minimum absolute atomic E-state index is 0.339. The van der Waals surface area contributed by atoms with Gasteiger partial charge in [0.1, 0.15) is 5.01 Å². The van der Waals surface area contributed by atoms with Crippen molar-refractivity contribution < 1.29 is 0 Å². The zero-order valence-corrected chi connectivity index (χ0v) is 15.1. The van der Waals surface area contributed by atoms with Crippen LogP contribution in [0.5, 0.6) is 0 Å². The fourth-order valence-corrected chi connectivity index (χ4v) is 4.21. The topological polar surface area (TPSA) is 46.3 Å². The van der Waals surface area contributed by atoms with Crippen molar-refractivity contribution in [2.24, 2.45) is 0 Å². The van der Waals surface area contributed by atoms with Gasteiger partial charge in [0.25, 0.3) is 0 Å². The summed E-state index contributed by atoms with van der Waals surface area (Å²) in [5, 5.41) is 14.5. The summed E-state index contributed by atoms with van der Waals surface area (Å²) < 4.78 is 1.94. The van der Waals surface area contributed by atoms with Gasteiger partial charge in [-0.3, -0.25) is 0 Å². The van der Waals surface area contributed by atoms with Crippen molar-refractivity contribution in [1.29, 1.82) is 0 Å². The predicted molar refractivity (Wildman–Crippen MR) is 97.5 cm³/mol. The Labute approximate surface area is 146 Å². The molecule has 1 atom stereocenters. The maximum absolute atomic E-state index is 4.78. The smallest absolute Gasteiger partial charge is 0.234 e. The molecule has 24 heavy (non-hydrogen) atoms. The molecule has 3 aromatic rings. The van der Waals surface area contributed by atoms with E-state index >= 15 is 0 Å². The summed E-state index contributed by atoms with van der Waals surface area (Å²) in [7, 11) is 0. The van der Waals surface area contributed by atoms with Crippen molar-refractivity contribution in [1.82, 2.24) is 24.7 Å². The Morgan fingerprint density at radius 1 is 1.08 bits per heavy atom. The van der Waals surface area contributed by atoms with Gasteiger partial charge in [0.05, 0.1) is 0 Å². The molecule has 0 N–H and O–H groups in total. The summed E-state index contributed by atoms with van der Waals surface area (Å²) in [5.41, 5.74) is 2.41. The van der Waals surface area contributed by atoms with Crippen LogP contribution in [-0.2, 0) is 0 Å². The van der Waals surface area contributed by atoms with E-state index in [-0.39, 0.29) is 0 Å². The number of fused-ring (bicyclic) bond motifs is 1. The van der Waals surface area contributed by atoms with Crippen LogP contribution in [0.1, 0.15) is 43.5 Å². The molecule has 126 valence electrons. The van der Waals surface area contributed by atoms with Crippen molar-refractivity contribution in [3.63, 3.8) is 0 Å². The average molecular weight is 341 g/mol. The van der Waals surface area contributed by atoms with Crippen molar-refractivity contribution >= 4 is 16.3 Å². The van der Waals surface area contributed by atoms with Crippen molar-refractivity contribution in [3.8, 4) is 10.6 Å². The first-order valence-corrected chi connectivity index (χ1v) is 9.54. The fraction of sp³-hybridized carbons (Fsp3) is 0.500. The van der Waals surface area contributed by atoms with Crippen LogP contribution >= 0.6 is 11.3 Å². The molecule has 6 heteroatoms. The lowest BCUT2D eigenvalue weighted by atomic mass is 10.1. The highest BCUT2D eigenvalue weighted by atomic mass is 32.1. The van der Waals surface area contributed by atoms with Gasteiger partial charge in [-0.25, -0.2) is 0 Å². The molecule has 2 aromatic heterocycles. The molecule has 4 rings (SSSR count). The molecule has 0 radical (unpaired) electrons. The summed E-state index contributed by atoms with van der Waals surface area (Å²) in [6, 6.07) is 8.49. The van der Waals surface area contributed by atoms with Gasteiger partial charge >= 0.3 is 0 Å². The second-order valence-electron chi connectivity index (χ2n) is 6.79. The van der Waals surface area contributed by atoms with Crippen molar-refractivity contribution in [2.75, 3.05) is 19.6 Å². The fourth-order valence-electron chi connectivity index (χ4n) is 3.36. The molecular formula is C18H23N5S. The van der Waals surface area contributed by atoms with E-state index < -0.39 is 0 Å². The van der Waals surface area contributed by atoms with E-state index in [2.05, 4.69) is 53.2 Å². The normalized spacial score (nSPS) is 17.4. The lowest BCUT2D eigenvalue weighted by Crippen LogP contribution is -2.33. The van der Waals surface area contributed by atoms with Crippen molar-refractivity contribution in [2.45, 2.75) is 39.0 Å². The van der Waals surface area contributed by atoms with E-state index in [0.29, 0.717) is 5.92 Å². The van der Waals surface area contributed by atoms with Crippen LogP contribution < -0.4 is 0 Å². The second kappa shape index (κ2) is 6.61. The minimum atomic E-state index is 0.339. The lowest BCUT2D eigenvalue weighted by molar-refractivity contribution is 0.216.